The van der Waals surface area contributed by atoms with Gasteiger partial charge in [-0.15, -0.1) is 0 Å². The molecule has 102 valence electrons. The summed E-state index contributed by atoms with van der Waals surface area (Å²) in [5, 5.41) is 8.81. The van der Waals surface area contributed by atoms with Gasteiger partial charge in [-0.25, -0.2) is 9.78 Å². The van der Waals surface area contributed by atoms with Crippen molar-refractivity contribution in [2.75, 3.05) is 6.61 Å². The second kappa shape index (κ2) is 6.58. The molecule has 0 saturated heterocycles. The highest BCUT2D eigenvalue weighted by Crippen LogP contribution is 2.04. The first-order chi connectivity index (χ1) is 9.66. The van der Waals surface area contributed by atoms with Crippen molar-refractivity contribution in [3.8, 4) is 0 Å². The molecule has 0 spiro atoms. The molecule has 0 fully saturated rings. The molecule has 0 radical (unpaired) electrons. The Balaban J connectivity index is 1.92. The van der Waals surface area contributed by atoms with Gasteiger partial charge in [0.2, 0.25) is 5.78 Å². The second-order valence-electron chi connectivity index (χ2n) is 4.11. The molecule has 0 aliphatic carbocycles. The predicted molar refractivity (Wildman–Crippen MR) is 71.6 cm³/mol. The number of carbonyl (C=O) groups excluding carboxylic acids is 1. The van der Waals surface area contributed by atoms with Crippen molar-refractivity contribution in [3.05, 3.63) is 65.5 Å². The van der Waals surface area contributed by atoms with E-state index in [4.69, 9.17) is 9.84 Å². The van der Waals surface area contributed by atoms with Gasteiger partial charge in [0.25, 0.3) is 0 Å². The summed E-state index contributed by atoms with van der Waals surface area (Å²) in [6.07, 6.45) is 0. The molecule has 2 rings (SSSR count). The smallest absolute Gasteiger partial charge is 0.354 e. The van der Waals surface area contributed by atoms with E-state index < -0.39 is 5.97 Å². The average Bonchev–Trinajstić information content (AvgIpc) is 2.48. The fourth-order valence-electron chi connectivity index (χ4n) is 1.62. The predicted octanol–water partition coefficient (Wildman–Crippen LogP) is 2.18. The van der Waals surface area contributed by atoms with Gasteiger partial charge in [-0.2, -0.15) is 0 Å². The van der Waals surface area contributed by atoms with Gasteiger partial charge >= 0.3 is 5.97 Å². The van der Waals surface area contributed by atoms with Crippen LogP contribution >= 0.6 is 0 Å². The van der Waals surface area contributed by atoms with Gasteiger partial charge in [0.15, 0.2) is 0 Å². The summed E-state index contributed by atoms with van der Waals surface area (Å²) in [6, 6.07) is 13.8. The van der Waals surface area contributed by atoms with Crippen molar-refractivity contribution in [2.24, 2.45) is 0 Å². The van der Waals surface area contributed by atoms with E-state index in [9.17, 15) is 9.59 Å². The van der Waals surface area contributed by atoms with Crippen LogP contribution in [-0.2, 0) is 11.3 Å². The van der Waals surface area contributed by atoms with Crippen molar-refractivity contribution in [1.82, 2.24) is 4.98 Å². The molecule has 1 aromatic carbocycles. The Bertz CT molecular complexity index is 610. The highest BCUT2D eigenvalue weighted by molar-refractivity contribution is 5.96. The van der Waals surface area contributed by atoms with Crippen molar-refractivity contribution >= 4 is 11.8 Å². The lowest BCUT2D eigenvalue weighted by Crippen LogP contribution is -2.13. The van der Waals surface area contributed by atoms with Crippen LogP contribution in [0.2, 0.25) is 0 Å². The van der Waals surface area contributed by atoms with E-state index in [0.717, 1.165) is 5.56 Å². The maximum atomic E-state index is 11.8. The monoisotopic (exact) mass is 271 g/mol. The highest BCUT2D eigenvalue weighted by atomic mass is 16.5. The zero-order chi connectivity index (χ0) is 14.4. The number of Topliss-reactive ketones (excluding diaryl/α,β-unsaturated/α-hetero) is 1. The lowest BCUT2D eigenvalue weighted by Gasteiger charge is -2.04. The Hall–Kier alpha value is -2.53. The number of carboxylic acid groups (broad SMARTS) is 1. The molecule has 5 nitrogen and oxygen atoms in total. The van der Waals surface area contributed by atoms with E-state index in [-0.39, 0.29) is 23.8 Å². The number of carbonyl (C=O) groups is 2. The average molecular weight is 271 g/mol. The van der Waals surface area contributed by atoms with Gasteiger partial charge in [0.05, 0.1) is 6.61 Å². The molecule has 0 aliphatic heterocycles. The summed E-state index contributed by atoms with van der Waals surface area (Å²) < 4.78 is 5.30. The molecule has 0 atom stereocenters. The van der Waals surface area contributed by atoms with Gasteiger partial charge in [-0.1, -0.05) is 36.4 Å². The number of aromatic nitrogens is 1. The number of hydrogen-bond donors (Lipinski definition) is 1. The number of benzene rings is 1. The number of hydrogen-bond acceptors (Lipinski definition) is 4. The van der Waals surface area contributed by atoms with E-state index in [1.54, 1.807) is 0 Å². The molecule has 0 saturated carbocycles. The van der Waals surface area contributed by atoms with Gasteiger partial charge in [-0.05, 0) is 17.7 Å². The van der Waals surface area contributed by atoms with Crippen LogP contribution in [0.3, 0.4) is 0 Å². The van der Waals surface area contributed by atoms with E-state index in [2.05, 4.69) is 4.98 Å². The van der Waals surface area contributed by atoms with Crippen LogP contribution in [-0.4, -0.2) is 28.4 Å². The summed E-state index contributed by atoms with van der Waals surface area (Å²) in [5.74, 6) is -1.51. The third-order valence-corrected chi connectivity index (χ3v) is 2.60. The SMILES string of the molecule is O=C(O)c1cccc(C(=O)COCc2ccccc2)n1. The number of carboxylic acids is 1. The van der Waals surface area contributed by atoms with Crippen LogP contribution < -0.4 is 0 Å². The molecule has 1 aromatic heterocycles. The molecule has 1 heterocycles. The van der Waals surface area contributed by atoms with E-state index in [1.165, 1.54) is 18.2 Å². The van der Waals surface area contributed by atoms with Crippen molar-refractivity contribution in [2.45, 2.75) is 6.61 Å². The minimum absolute atomic E-state index is 0.0953. The zero-order valence-corrected chi connectivity index (χ0v) is 10.7. The summed E-state index contributed by atoms with van der Waals surface area (Å²) in [6.45, 7) is 0.191. The second-order valence-corrected chi connectivity index (χ2v) is 4.11. The number of nitrogens with zero attached hydrogens (tertiary/aromatic N) is 1. The first-order valence-corrected chi connectivity index (χ1v) is 6.02. The zero-order valence-electron chi connectivity index (χ0n) is 10.7. The number of aromatic carboxylic acids is 1. The van der Waals surface area contributed by atoms with Crippen molar-refractivity contribution < 1.29 is 19.4 Å². The maximum absolute atomic E-state index is 11.8. The first-order valence-electron chi connectivity index (χ1n) is 6.02. The number of pyridine rings is 1. The molecule has 0 amide bonds. The van der Waals surface area contributed by atoms with Gasteiger partial charge < -0.3 is 9.84 Å². The summed E-state index contributed by atoms with van der Waals surface area (Å²) in [4.78, 5) is 26.4. The van der Waals surface area contributed by atoms with Crippen molar-refractivity contribution in [1.29, 1.82) is 0 Å². The van der Waals surface area contributed by atoms with Crippen LogP contribution in [0.1, 0.15) is 26.5 Å². The molecule has 5 heteroatoms. The van der Waals surface area contributed by atoms with Crippen LogP contribution in [0.5, 0.6) is 0 Å². The fraction of sp³-hybridized carbons (Fsp3) is 0.133. The van der Waals surface area contributed by atoms with E-state index in [1.807, 2.05) is 30.3 Å². The topological polar surface area (TPSA) is 76.5 Å². The highest BCUT2D eigenvalue weighted by Gasteiger charge is 2.11. The molecular formula is C15H13NO4. The van der Waals surface area contributed by atoms with Crippen molar-refractivity contribution in [3.63, 3.8) is 0 Å². The van der Waals surface area contributed by atoms with E-state index >= 15 is 0 Å². The third-order valence-electron chi connectivity index (χ3n) is 2.60. The van der Waals surface area contributed by atoms with Crippen LogP contribution in [0, 0.1) is 0 Å². The normalized spacial score (nSPS) is 10.2. The minimum Gasteiger partial charge on any atom is -0.477 e. The van der Waals surface area contributed by atoms with E-state index in [0.29, 0.717) is 6.61 Å². The molecule has 1 N–H and O–H groups in total. The Labute approximate surface area is 115 Å². The van der Waals surface area contributed by atoms with Gasteiger partial charge in [0.1, 0.15) is 18.0 Å². The Kier molecular flexibility index (Phi) is 4.57. The summed E-state index contributed by atoms with van der Waals surface area (Å²) in [5.41, 5.74) is 0.907. The molecule has 20 heavy (non-hydrogen) atoms. The summed E-state index contributed by atoms with van der Waals surface area (Å²) in [7, 11) is 0. The number of rotatable bonds is 6. The van der Waals surface area contributed by atoms with Crippen LogP contribution in [0.4, 0.5) is 0 Å². The first kappa shape index (κ1) is 13.9. The molecule has 0 bridgehead atoms. The van der Waals surface area contributed by atoms with Crippen LogP contribution in [0.15, 0.2) is 48.5 Å². The molecule has 0 aliphatic rings. The lowest BCUT2D eigenvalue weighted by atomic mass is 10.2. The fourth-order valence-corrected chi connectivity index (χ4v) is 1.62. The molecule has 0 unspecified atom stereocenters. The number of ether oxygens (including phenoxy) is 1. The maximum Gasteiger partial charge on any atom is 0.354 e. The molecular weight excluding hydrogens is 258 g/mol. The van der Waals surface area contributed by atoms with Gasteiger partial charge in [0, 0.05) is 0 Å². The minimum atomic E-state index is -1.16. The lowest BCUT2D eigenvalue weighted by molar-refractivity contribution is 0.0689. The Morgan fingerprint density at radius 1 is 1.00 bits per heavy atom. The van der Waals surface area contributed by atoms with Crippen LogP contribution in [0.25, 0.3) is 0 Å². The molecule has 2 aromatic rings. The standard InChI is InChI=1S/C15H13NO4/c17-14(10-20-9-11-5-2-1-3-6-11)12-7-4-8-13(16-12)15(18)19/h1-8H,9-10H2,(H,18,19). The number of ketones is 1. The largest absolute Gasteiger partial charge is 0.477 e. The Morgan fingerprint density at radius 2 is 1.70 bits per heavy atom. The van der Waals surface area contributed by atoms with Gasteiger partial charge in [-0.3, -0.25) is 4.79 Å². The summed E-state index contributed by atoms with van der Waals surface area (Å²) >= 11 is 0. The quantitative estimate of drug-likeness (QED) is 0.815. The Morgan fingerprint density at radius 3 is 2.40 bits per heavy atom. The third kappa shape index (κ3) is 3.73.